The fourth-order valence-electron chi connectivity index (χ4n) is 3.86. The molecule has 0 saturated carbocycles. The van der Waals surface area contributed by atoms with Crippen LogP contribution in [0.5, 0.6) is 5.75 Å². The van der Waals surface area contributed by atoms with Crippen LogP contribution in [0.2, 0.25) is 0 Å². The summed E-state index contributed by atoms with van der Waals surface area (Å²) < 4.78 is 5.66. The number of imide groups is 1. The Morgan fingerprint density at radius 1 is 1.14 bits per heavy atom. The van der Waals surface area contributed by atoms with Crippen LogP contribution in [0.1, 0.15) is 45.2 Å². The van der Waals surface area contributed by atoms with Crippen molar-refractivity contribution >= 4 is 29.5 Å². The monoisotopic (exact) mass is 410 g/mol. The van der Waals surface area contributed by atoms with Crippen LogP contribution in [0.4, 0.5) is 0 Å². The van der Waals surface area contributed by atoms with Crippen LogP contribution < -0.4 is 10.1 Å². The highest BCUT2D eigenvalue weighted by Crippen LogP contribution is 2.32. The zero-order chi connectivity index (χ0) is 20.4. The maximum atomic E-state index is 13.2. The molecular weight excluding hydrogens is 388 g/mol. The molecule has 6 nitrogen and oxygen atoms in total. The number of amides is 3. The maximum absolute atomic E-state index is 13.2. The van der Waals surface area contributed by atoms with E-state index >= 15 is 0 Å². The van der Waals surface area contributed by atoms with Crippen molar-refractivity contribution in [3.05, 3.63) is 65.2 Å². The van der Waals surface area contributed by atoms with E-state index in [0.29, 0.717) is 36.3 Å². The second-order valence-electron chi connectivity index (χ2n) is 7.06. The Kier molecular flexibility index (Phi) is 5.58. The van der Waals surface area contributed by atoms with E-state index in [2.05, 4.69) is 5.32 Å². The molecule has 0 aromatic heterocycles. The topological polar surface area (TPSA) is 75.7 Å². The van der Waals surface area contributed by atoms with Crippen LogP contribution in [0.25, 0.3) is 0 Å². The molecule has 2 aliphatic rings. The molecule has 7 heteroatoms. The van der Waals surface area contributed by atoms with E-state index in [1.165, 1.54) is 0 Å². The van der Waals surface area contributed by atoms with Gasteiger partial charge < -0.3 is 10.1 Å². The summed E-state index contributed by atoms with van der Waals surface area (Å²) in [6.45, 7) is 0.504. The number of carbonyl (C=O) groups excluding carboxylic acids is 3. The number of hydrogen-bond donors (Lipinski definition) is 1. The highest BCUT2D eigenvalue weighted by Gasteiger charge is 2.42. The van der Waals surface area contributed by atoms with E-state index in [1.807, 2.05) is 30.5 Å². The fraction of sp³-hybridized carbons (Fsp3) is 0.318. The van der Waals surface area contributed by atoms with Crippen LogP contribution in [-0.4, -0.2) is 47.3 Å². The molecular formula is C22H22N2O4S. The van der Waals surface area contributed by atoms with Gasteiger partial charge in [0.1, 0.15) is 11.8 Å². The molecule has 2 aromatic rings. The molecule has 0 unspecified atom stereocenters. The summed E-state index contributed by atoms with van der Waals surface area (Å²) in [7, 11) is 0. The first-order valence-corrected chi connectivity index (χ1v) is 11.0. The normalized spacial score (nSPS) is 18.7. The smallest absolute Gasteiger partial charge is 0.262 e. The minimum Gasteiger partial charge on any atom is -0.493 e. The third-order valence-electron chi connectivity index (χ3n) is 5.31. The van der Waals surface area contributed by atoms with E-state index < -0.39 is 17.9 Å². The summed E-state index contributed by atoms with van der Waals surface area (Å²) >= 11 is 1.58. The summed E-state index contributed by atoms with van der Waals surface area (Å²) in [5.41, 5.74) is 1.63. The number of nitrogens with one attached hydrogen (secondary N) is 1. The summed E-state index contributed by atoms with van der Waals surface area (Å²) in [5.74, 6) is 0.301. The lowest BCUT2D eigenvalue weighted by molar-refractivity contribution is -0.126. The van der Waals surface area contributed by atoms with Crippen LogP contribution in [0.15, 0.2) is 48.5 Å². The predicted octanol–water partition coefficient (Wildman–Crippen LogP) is 3.04. The zero-order valence-electron chi connectivity index (χ0n) is 16.1. The van der Waals surface area contributed by atoms with Crippen molar-refractivity contribution in [2.75, 3.05) is 18.6 Å². The van der Waals surface area contributed by atoms with E-state index in [9.17, 15) is 14.4 Å². The number of thioether (sulfide) groups is 1. The third-order valence-corrected chi connectivity index (χ3v) is 5.95. The van der Waals surface area contributed by atoms with Gasteiger partial charge in [-0.2, -0.15) is 11.8 Å². The molecule has 2 atom stereocenters. The quantitative estimate of drug-likeness (QED) is 0.741. The molecule has 29 heavy (non-hydrogen) atoms. The molecule has 4 rings (SSSR count). The molecule has 0 saturated heterocycles. The van der Waals surface area contributed by atoms with Gasteiger partial charge in [0, 0.05) is 12.0 Å². The largest absolute Gasteiger partial charge is 0.493 e. The number of benzene rings is 2. The van der Waals surface area contributed by atoms with Crippen molar-refractivity contribution in [1.29, 1.82) is 0 Å². The van der Waals surface area contributed by atoms with Gasteiger partial charge in [-0.05, 0) is 36.6 Å². The lowest BCUT2D eigenvalue weighted by atomic mass is 10.00. The summed E-state index contributed by atoms with van der Waals surface area (Å²) in [4.78, 5) is 40.2. The van der Waals surface area contributed by atoms with Crippen molar-refractivity contribution in [2.45, 2.75) is 24.9 Å². The Labute approximate surface area is 173 Å². The molecule has 0 radical (unpaired) electrons. The second-order valence-corrected chi connectivity index (χ2v) is 8.04. The van der Waals surface area contributed by atoms with Crippen LogP contribution in [0.3, 0.4) is 0 Å². The maximum Gasteiger partial charge on any atom is 0.262 e. The Hall–Kier alpha value is -2.80. The molecule has 0 aliphatic carbocycles. The highest BCUT2D eigenvalue weighted by atomic mass is 32.2. The molecule has 0 fully saturated rings. The third kappa shape index (κ3) is 3.62. The van der Waals surface area contributed by atoms with Gasteiger partial charge in [0.15, 0.2) is 0 Å². The van der Waals surface area contributed by atoms with Gasteiger partial charge in [-0.15, -0.1) is 0 Å². The van der Waals surface area contributed by atoms with Crippen molar-refractivity contribution in [2.24, 2.45) is 0 Å². The Morgan fingerprint density at radius 2 is 1.79 bits per heavy atom. The van der Waals surface area contributed by atoms with E-state index in [4.69, 9.17) is 4.74 Å². The number of ether oxygens (including phenoxy) is 1. The molecule has 2 aliphatic heterocycles. The number of nitrogens with zero attached hydrogens (tertiary/aromatic N) is 1. The molecule has 2 heterocycles. The number of hydrogen-bond acceptors (Lipinski definition) is 5. The molecule has 2 aromatic carbocycles. The molecule has 1 N–H and O–H groups in total. The zero-order valence-corrected chi connectivity index (χ0v) is 16.9. The van der Waals surface area contributed by atoms with Crippen LogP contribution >= 0.6 is 11.8 Å². The first kappa shape index (κ1) is 19.5. The van der Waals surface area contributed by atoms with Crippen molar-refractivity contribution < 1.29 is 19.1 Å². The van der Waals surface area contributed by atoms with Gasteiger partial charge in [-0.1, -0.05) is 30.3 Å². The minimum absolute atomic E-state index is 0.209. The van der Waals surface area contributed by atoms with Gasteiger partial charge in [0.25, 0.3) is 11.8 Å². The second kappa shape index (κ2) is 8.29. The highest BCUT2D eigenvalue weighted by molar-refractivity contribution is 7.98. The van der Waals surface area contributed by atoms with Crippen LogP contribution in [-0.2, 0) is 4.79 Å². The molecule has 3 amide bonds. The number of carbonyl (C=O) groups is 3. The van der Waals surface area contributed by atoms with Gasteiger partial charge in [0.05, 0.1) is 23.8 Å². The summed E-state index contributed by atoms with van der Waals surface area (Å²) in [5, 5.41) is 3.05. The van der Waals surface area contributed by atoms with Crippen LogP contribution in [0, 0.1) is 0 Å². The van der Waals surface area contributed by atoms with Crippen molar-refractivity contribution in [3.63, 3.8) is 0 Å². The minimum atomic E-state index is -0.843. The van der Waals surface area contributed by atoms with Gasteiger partial charge in [-0.25, -0.2) is 0 Å². The van der Waals surface area contributed by atoms with E-state index in [-0.39, 0.29) is 11.9 Å². The standard InChI is InChI=1S/C22H22N2O4S/c1-29-13-11-18(24-21(26)14-6-2-3-7-15(14)22(24)27)20(25)23-17-10-12-28-19-9-5-4-8-16(17)19/h2-9,17-18H,10-13H2,1H3,(H,23,25)/t17-,18-/m1/s1. The lowest BCUT2D eigenvalue weighted by Gasteiger charge is -2.30. The lowest BCUT2D eigenvalue weighted by Crippen LogP contribution is -2.51. The molecule has 0 bridgehead atoms. The van der Waals surface area contributed by atoms with Crippen molar-refractivity contribution in [1.82, 2.24) is 10.2 Å². The Bertz CT molecular complexity index is 926. The first-order valence-electron chi connectivity index (χ1n) is 9.59. The SMILES string of the molecule is CSCC[C@H](C(=O)N[C@@H]1CCOc2ccccc21)N1C(=O)c2ccccc2C1=O. The number of rotatable bonds is 6. The van der Waals surface area contributed by atoms with Gasteiger partial charge >= 0.3 is 0 Å². The first-order chi connectivity index (χ1) is 14.1. The Balaban J connectivity index is 1.59. The summed E-state index contributed by atoms with van der Waals surface area (Å²) in [6, 6.07) is 13.3. The average molecular weight is 410 g/mol. The van der Waals surface area contributed by atoms with Crippen molar-refractivity contribution in [3.8, 4) is 5.75 Å². The number of para-hydroxylation sites is 1. The van der Waals surface area contributed by atoms with E-state index in [0.717, 1.165) is 16.2 Å². The van der Waals surface area contributed by atoms with E-state index in [1.54, 1.807) is 36.0 Å². The van der Waals surface area contributed by atoms with Gasteiger partial charge in [0.2, 0.25) is 5.91 Å². The molecule has 0 spiro atoms. The average Bonchev–Trinajstić information content (AvgIpc) is 3.00. The number of fused-ring (bicyclic) bond motifs is 2. The fourth-order valence-corrected chi connectivity index (χ4v) is 4.32. The van der Waals surface area contributed by atoms with Gasteiger partial charge in [-0.3, -0.25) is 19.3 Å². The predicted molar refractivity (Wildman–Crippen MR) is 111 cm³/mol. The Morgan fingerprint density at radius 3 is 2.48 bits per heavy atom. The summed E-state index contributed by atoms with van der Waals surface area (Å²) in [6.07, 6.45) is 2.98. The molecule has 150 valence electrons.